The molecule has 0 spiro atoms. The third-order valence-electron chi connectivity index (χ3n) is 5.51. The quantitative estimate of drug-likeness (QED) is 0.909. The fourth-order valence-corrected chi connectivity index (χ4v) is 4.01. The Morgan fingerprint density at radius 3 is 2.35 bits per heavy atom. The maximum Gasteiger partial charge on any atom is 0.257 e. The van der Waals surface area contributed by atoms with Crippen LogP contribution in [0.3, 0.4) is 0 Å². The second-order valence-electron chi connectivity index (χ2n) is 7.12. The Hall–Kier alpha value is -2.31. The van der Waals surface area contributed by atoms with Crippen molar-refractivity contribution in [2.24, 2.45) is 0 Å². The van der Waals surface area contributed by atoms with Gasteiger partial charge >= 0.3 is 0 Å². The molecule has 1 amide bonds. The lowest BCUT2D eigenvalue weighted by Crippen LogP contribution is -2.61. The zero-order valence-corrected chi connectivity index (χ0v) is 15.8. The molecule has 3 rings (SSSR count). The van der Waals surface area contributed by atoms with E-state index in [1.165, 1.54) is 6.33 Å². The van der Waals surface area contributed by atoms with Gasteiger partial charge in [-0.25, -0.2) is 9.97 Å². The smallest absolute Gasteiger partial charge is 0.257 e. The molecular formula is C20H26N4O2. The van der Waals surface area contributed by atoms with Gasteiger partial charge in [-0.05, 0) is 39.9 Å². The van der Waals surface area contributed by atoms with Crippen LogP contribution in [-0.2, 0) is 5.54 Å². The van der Waals surface area contributed by atoms with Gasteiger partial charge in [0.15, 0.2) is 0 Å². The molecule has 1 aliphatic rings. The Morgan fingerprint density at radius 1 is 1.19 bits per heavy atom. The topological polar surface area (TPSA) is 69.6 Å². The summed E-state index contributed by atoms with van der Waals surface area (Å²) in [6, 6.07) is 10.0. The largest absolute Gasteiger partial charge is 0.389 e. The summed E-state index contributed by atoms with van der Waals surface area (Å²) in [6.07, 6.45) is 1.43. The highest BCUT2D eigenvalue weighted by molar-refractivity contribution is 5.96. The minimum Gasteiger partial charge on any atom is -0.389 e. The summed E-state index contributed by atoms with van der Waals surface area (Å²) in [7, 11) is 3.96. The molecule has 1 N–H and O–H groups in total. The molecule has 1 aromatic heterocycles. The number of hydrogen-bond acceptors (Lipinski definition) is 5. The number of aliphatic hydroxyl groups excluding tert-OH is 1. The average Bonchev–Trinajstić information content (AvgIpc) is 2.62. The number of likely N-dealkylation sites (tertiary alicyclic amines) is 1. The molecule has 0 unspecified atom stereocenters. The lowest BCUT2D eigenvalue weighted by Gasteiger charge is -2.49. The van der Waals surface area contributed by atoms with Crippen LogP contribution in [0, 0.1) is 13.8 Å². The number of β-amino-alcohol motifs (C(OH)–C–C–N with tert-alkyl or cyclic N) is 1. The summed E-state index contributed by atoms with van der Waals surface area (Å²) in [6.45, 7) is 4.48. The number of benzene rings is 1. The van der Waals surface area contributed by atoms with E-state index in [-0.39, 0.29) is 12.5 Å². The molecule has 6 heteroatoms. The lowest BCUT2D eigenvalue weighted by molar-refractivity contribution is -0.0612. The van der Waals surface area contributed by atoms with Crippen LogP contribution in [0.15, 0.2) is 36.7 Å². The molecule has 2 aromatic rings. The van der Waals surface area contributed by atoms with Crippen LogP contribution in [0.25, 0.3) is 0 Å². The molecule has 1 aliphatic heterocycles. The molecule has 26 heavy (non-hydrogen) atoms. The summed E-state index contributed by atoms with van der Waals surface area (Å²) >= 11 is 0. The van der Waals surface area contributed by atoms with E-state index >= 15 is 0 Å². The van der Waals surface area contributed by atoms with Crippen LogP contribution in [0.5, 0.6) is 0 Å². The number of aryl methyl sites for hydroxylation is 2. The zero-order valence-electron chi connectivity index (χ0n) is 15.8. The van der Waals surface area contributed by atoms with Gasteiger partial charge in [-0.1, -0.05) is 30.3 Å². The highest BCUT2D eigenvalue weighted by atomic mass is 16.3. The van der Waals surface area contributed by atoms with Gasteiger partial charge < -0.3 is 10.0 Å². The SMILES string of the molecule is Cc1ncnc(C)c1C(=O)N1CC[C@@](c2ccccc2)(N(C)C)[C@H](O)C1. The summed E-state index contributed by atoms with van der Waals surface area (Å²) in [5.41, 5.74) is 2.45. The van der Waals surface area contributed by atoms with Crippen molar-refractivity contribution in [1.29, 1.82) is 0 Å². The zero-order chi connectivity index (χ0) is 18.9. The van der Waals surface area contributed by atoms with E-state index < -0.39 is 11.6 Å². The number of rotatable bonds is 3. The van der Waals surface area contributed by atoms with Crippen LogP contribution < -0.4 is 0 Å². The molecule has 0 aliphatic carbocycles. The Kier molecular flexibility index (Phi) is 5.07. The van der Waals surface area contributed by atoms with Crippen molar-refractivity contribution in [3.63, 3.8) is 0 Å². The van der Waals surface area contributed by atoms with Crippen molar-refractivity contribution in [2.45, 2.75) is 31.9 Å². The summed E-state index contributed by atoms with van der Waals surface area (Å²) < 4.78 is 0. The number of piperidine rings is 1. The van der Waals surface area contributed by atoms with Gasteiger partial charge in [0.05, 0.1) is 28.6 Å². The van der Waals surface area contributed by atoms with Gasteiger partial charge in [-0.3, -0.25) is 9.69 Å². The number of carbonyl (C=O) groups excluding carboxylic acids is 1. The number of carbonyl (C=O) groups is 1. The normalized spacial score (nSPS) is 23.3. The highest BCUT2D eigenvalue weighted by Crippen LogP contribution is 2.38. The number of likely N-dealkylation sites (N-methyl/N-ethyl adjacent to an activating group) is 1. The van der Waals surface area contributed by atoms with E-state index in [1.807, 2.05) is 58.3 Å². The minimum atomic E-state index is -0.692. The van der Waals surface area contributed by atoms with E-state index in [2.05, 4.69) is 14.9 Å². The summed E-state index contributed by atoms with van der Waals surface area (Å²) in [5.74, 6) is -0.111. The second kappa shape index (κ2) is 7.13. The minimum absolute atomic E-state index is 0.111. The van der Waals surface area contributed by atoms with Crippen LogP contribution >= 0.6 is 0 Å². The molecule has 0 radical (unpaired) electrons. The van der Waals surface area contributed by atoms with Crippen LogP contribution in [0.2, 0.25) is 0 Å². The Morgan fingerprint density at radius 2 is 1.81 bits per heavy atom. The van der Waals surface area contributed by atoms with Gasteiger partial charge in [0.25, 0.3) is 5.91 Å². The first kappa shape index (κ1) is 18.5. The van der Waals surface area contributed by atoms with Crippen LogP contribution in [-0.4, -0.2) is 64.1 Å². The molecule has 1 saturated heterocycles. The third-order valence-corrected chi connectivity index (χ3v) is 5.51. The van der Waals surface area contributed by atoms with Crippen molar-refractivity contribution >= 4 is 5.91 Å². The van der Waals surface area contributed by atoms with Gasteiger partial charge in [0.1, 0.15) is 6.33 Å². The number of aromatic nitrogens is 2. The fourth-order valence-electron chi connectivity index (χ4n) is 4.01. The predicted molar refractivity (Wildman–Crippen MR) is 99.8 cm³/mol. The van der Waals surface area contributed by atoms with E-state index in [0.717, 1.165) is 5.56 Å². The monoisotopic (exact) mass is 354 g/mol. The standard InChI is InChI=1S/C20H26N4O2/c1-14-18(15(2)22-13-21-14)19(26)24-11-10-20(23(3)4,17(25)12-24)16-8-6-5-7-9-16/h5-9,13,17,25H,10-12H2,1-4H3/t17-,20+/m1/s1. The first-order valence-electron chi connectivity index (χ1n) is 8.86. The summed E-state index contributed by atoms with van der Waals surface area (Å²) in [5, 5.41) is 11.1. The number of nitrogens with zero attached hydrogens (tertiary/aromatic N) is 4. The maximum atomic E-state index is 13.0. The Balaban J connectivity index is 1.89. The first-order valence-corrected chi connectivity index (χ1v) is 8.86. The number of amides is 1. The molecule has 2 heterocycles. The van der Waals surface area contributed by atoms with Gasteiger partial charge in [-0.2, -0.15) is 0 Å². The molecule has 2 atom stereocenters. The van der Waals surface area contributed by atoms with Gasteiger partial charge in [0.2, 0.25) is 0 Å². The molecule has 0 bridgehead atoms. The third kappa shape index (κ3) is 2.99. The van der Waals surface area contributed by atoms with E-state index in [0.29, 0.717) is 29.9 Å². The summed E-state index contributed by atoms with van der Waals surface area (Å²) in [4.78, 5) is 25.1. The molecule has 138 valence electrons. The number of aliphatic hydroxyl groups is 1. The average molecular weight is 354 g/mol. The Labute approximate surface area is 154 Å². The molecular weight excluding hydrogens is 328 g/mol. The van der Waals surface area contributed by atoms with Gasteiger partial charge in [-0.15, -0.1) is 0 Å². The van der Waals surface area contributed by atoms with Crippen molar-refractivity contribution < 1.29 is 9.90 Å². The van der Waals surface area contributed by atoms with E-state index in [4.69, 9.17) is 0 Å². The van der Waals surface area contributed by atoms with Crippen molar-refractivity contribution in [3.05, 3.63) is 59.2 Å². The van der Waals surface area contributed by atoms with Crippen LogP contribution in [0.4, 0.5) is 0 Å². The Bertz CT molecular complexity index is 773. The van der Waals surface area contributed by atoms with E-state index in [9.17, 15) is 9.90 Å². The fraction of sp³-hybridized carbons (Fsp3) is 0.450. The lowest BCUT2D eigenvalue weighted by atomic mass is 9.77. The number of hydrogen-bond donors (Lipinski definition) is 1. The van der Waals surface area contributed by atoms with Gasteiger partial charge in [0, 0.05) is 13.1 Å². The predicted octanol–water partition coefficient (Wildman–Crippen LogP) is 1.76. The molecule has 1 aromatic carbocycles. The van der Waals surface area contributed by atoms with Crippen molar-refractivity contribution in [1.82, 2.24) is 19.8 Å². The van der Waals surface area contributed by atoms with Crippen molar-refractivity contribution in [3.8, 4) is 0 Å². The molecule has 6 nitrogen and oxygen atoms in total. The van der Waals surface area contributed by atoms with Crippen molar-refractivity contribution in [2.75, 3.05) is 27.2 Å². The maximum absolute atomic E-state index is 13.0. The van der Waals surface area contributed by atoms with E-state index in [1.54, 1.807) is 4.90 Å². The molecule has 0 saturated carbocycles. The van der Waals surface area contributed by atoms with Crippen LogP contribution in [0.1, 0.15) is 33.7 Å². The second-order valence-corrected chi connectivity index (χ2v) is 7.12. The highest BCUT2D eigenvalue weighted by Gasteiger charge is 2.46. The molecule has 1 fully saturated rings. The first-order chi connectivity index (χ1) is 12.4.